The second-order valence-corrected chi connectivity index (χ2v) is 6.40. The summed E-state index contributed by atoms with van der Waals surface area (Å²) < 4.78 is 0. The van der Waals surface area contributed by atoms with Gasteiger partial charge in [0.05, 0.1) is 0 Å². The monoisotopic (exact) mass is 300 g/mol. The quantitative estimate of drug-likeness (QED) is 0.577. The van der Waals surface area contributed by atoms with E-state index in [1.54, 1.807) is 12.2 Å². The molecular formula is C18H24N2O2. The van der Waals surface area contributed by atoms with E-state index in [1.165, 1.54) is 5.56 Å². The lowest BCUT2D eigenvalue weighted by atomic mass is 9.79. The summed E-state index contributed by atoms with van der Waals surface area (Å²) in [6, 6.07) is 5.89. The Bertz CT molecular complexity index is 602. The highest BCUT2D eigenvalue weighted by Gasteiger charge is 2.39. The molecule has 0 aliphatic rings. The minimum atomic E-state index is -1.26. The molecule has 0 heterocycles. The number of isocyanates is 2. The van der Waals surface area contributed by atoms with E-state index in [4.69, 9.17) is 0 Å². The predicted octanol–water partition coefficient (Wildman–Crippen LogP) is 4.41. The van der Waals surface area contributed by atoms with Crippen molar-refractivity contribution < 1.29 is 9.59 Å². The van der Waals surface area contributed by atoms with Crippen LogP contribution in [0.2, 0.25) is 0 Å². The average Bonchev–Trinajstić information content (AvgIpc) is 2.45. The zero-order chi connectivity index (χ0) is 16.9. The highest BCUT2D eigenvalue weighted by atomic mass is 16.1. The van der Waals surface area contributed by atoms with Crippen LogP contribution in [0.1, 0.15) is 70.1 Å². The number of hydrogen-bond acceptors (Lipinski definition) is 4. The molecule has 0 radical (unpaired) electrons. The molecule has 0 N–H and O–H groups in total. The number of hydrogen-bond donors (Lipinski definition) is 0. The Labute approximate surface area is 132 Å². The van der Waals surface area contributed by atoms with Crippen molar-refractivity contribution in [3.63, 3.8) is 0 Å². The first-order valence-corrected chi connectivity index (χ1v) is 7.63. The topological polar surface area (TPSA) is 58.9 Å². The van der Waals surface area contributed by atoms with E-state index in [0.29, 0.717) is 5.92 Å². The number of benzene rings is 1. The Kier molecular flexibility index (Phi) is 5.99. The highest BCUT2D eigenvalue weighted by molar-refractivity contribution is 5.49. The molecule has 0 aliphatic heterocycles. The molecule has 0 aromatic heterocycles. The van der Waals surface area contributed by atoms with E-state index < -0.39 is 5.66 Å². The standard InChI is InChI=1S/C18H24N2O2/c1-12(2)15-8-7-9-16(17(15)13(3)4)18(14(5)6,19-10-21)20-11-22/h7-9,12-14H,1-6H3. The van der Waals surface area contributed by atoms with Gasteiger partial charge in [0.1, 0.15) is 0 Å². The van der Waals surface area contributed by atoms with Gasteiger partial charge in [-0.1, -0.05) is 59.7 Å². The molecule has 1 aromatic rings. The third kappa shape index (κ3) is 3.24. The summed E-state index contributed by atoms with van der Waals surface area (Å²) in [6.07, 6.45) is 3.18. The van der Waals surface area contributed by atoms with Gasteiger partial charge in [0.25, 0.3) is 0 Å². The van der Waals surface area contributed by atoms with Gasteiger partial charge in [-0.05, 0) is 23.0 Å². The third-order valence-corrected chi connectivity index (χ3v) is 3.97. The maximum Gasteiger partial charge on any atom is 0.237 e. The van der Waals surface area contributed by atoms with Crippen molar-refractivity contribution in [3.8, 4) is 0 Å². The molecule has 0 saturated carbocycles. The maximum absolute atomic E-state index is 11.0. The molecule has 1 rings (SSSR count). The lowest BCUT2D eigenvalue weighted by Crippen LogP contribution is -2.30. The average molecular weight is 300 g/mol. The zero-order valence-electron chi connectivity index (χ0n) is 14.2. The van der Waals surface area contributed by atoms with Crippen LogP contribution in [-0.4, -0.2) is 12.2 Å². The van der Waals surface area contributed by atoms with Crippen molar-refractivity contribution >= 4 is 12.2 Å². The van der Waals surface area contributed by atoms with Gasteiger partial charge in [0.2, 0.25) is 17.8 Å². The van der Waals surface area contributed by atoms with Gasteiger partial charge in [-0.3, -0.25) is 0 Å². The molecule has 0 aliphatic carbocycles. The minimum Gasteiger partial charge on any atom is -0.211 e. The van der Waals surface area contributed by atoms with E-state index in [0.717, 1.165) is 11.1 Å². The Morgan fingerprint density at radius 3 is 1.82 bits per heavy atom. The fourth-order valence-electron chi connectivity index (χ4n) is 2.91. The van der Waals surface area contributed by atoms with Gasteiger partial charge in [-0.25, -0.2) is 9.59 Å². The molecule has 0 bridgehead atoms. The molecular weight excluding hydrogens is 276 g/mol. The fourth-order valence-corrected chi connectivity index (χ4v) is 2.91. The van der Waals surface area contributed by atoms with E-state index in [2.05, 4.69) is 43.7 Å². The van der Waals surface area contributed by atoms with Crippen molar-refractivity contribution in [1.29, 1.82) is 0 Å². The summed E-state index contributed by atoms with van der Waals surface area (Å²) in [6.45, 7) is 12.2. The number of aliphatic imine (C=N–C) groups is 2. The smallest absolute Gasteiger partial charge is 0.211 e. The van der Waals surface area contributed by atoms with Crippen LogP contribution in [-0.2, 0) is 15.3 Å². The minimum absolute atomic E-state index is 0.171. The summed E-state index contributed by atoms with van der Waals surface area (Å²) in [5.74, 6) is 0.369. The van der Waals surface area contributed by atoms with Crippen LogP contribution in [0.5, 0.6) is 0 Å². The van der Waals surface area contributed by atoms with Crippen LogP contribution in [0.25, 0.3) is 0 Å². The van der Waals surface area contributed by atoms with E-state index in [1.807, 2.05) is 26.0 Å². The molecule has 118 valence electrons. The maximum atomic E-state index is 11.0. The summed E-state index contributed by atoms with van der Waals surface area (Å²) in [4.78, 5) is 29.8. The molecule has 0 unspecified atom stereocenters. The molecule has 0 spiro atoms. The van der Waals surface area contributed by atoms with E-state index >= 15 is 0 Å². The van der Waals surface area contributed by atoms with E-state index in [9.17, 15) is 9.59 Å². The zero-order valence-corrected chi connectivity index (χ0v) is 14.2. The molecule has 0 atom stereocenters. The van der Waals surface area contributed by atoms with Crippen molar-refractivity contribution in [1.82, 2.24) is 0 Å². The Morgan fingerprint density at radius 2 is 1.45 bits per heavy atom. The summed E-state index contributed by atoms with van der Waals surface area (Å²) in [5.41, 5.74) is 1.80. The van der Waals surface area contributed by atoms with Crippen LogP contribution in [0.4, 0.5) is 0 Å². The number of nitrogens with zero attached hydrogens (tertiary/aromatic N) is 2. The normalized spacial score (nSPS) is 13.7. The fraction of sp³-hybridized carbons (Fsp3) is 0.556. The Morgan fingerprint density at radius 1 is 0.909 bits per heavy atom. The molecule has 4 nitrogen and oxygen atoms in total. The molecule has 0 amide bonds. The Hall–Kier alpha value is -2.02. The van der Waals surface area contributed by atoms with Gasteiger partial charge < -0.3 is 0 Å². The molecule has 1 aromatic carbocycles. The van der Waals surface area contributed by atoms with Crippen LogP contribution < -0.4 is 0 Å². The molecule has 4 heteroatoms. The summed E-state index contributed by atoms with van der Waals surface area (Å²) in [5, 5.41) is 0. The second kappa shape index (κ2) is 7.31. The Balaban J connectivity index is 3.87. The summed E-state index contributed by atoms with van der Waals surface area (Å²) in [7, 11) is 0. The highest BCUT2D eigenvalue weighted by Crippen LogP contribution is 2.41. The first kappa shape index (κ1) is 18.0. The van der Waals surface area contributed by atoms with Crippen LogP contribution >= 0.6 is 0 Å². The largest absolute Gasteiger partial charge is 0.237 e. The predicted molar refractivity (Wildman–Crippen MR) is 87.4 cm³/mol. The third-order valence-electron chi connectivity index (χ3n) is 3.97. The second-order valence-electron chi connectivity index (χ2n) is 6.40. The molecule has 0 saturated heterocycles. The van der Waals surface area contributed by atoms with Crippen LogP contribution in [0.15, 0.2) is 28.2 Å². The van der Waals surface area contributed by atoms with Gasteiger partial charge in [0, 0.05) is 11.5 Å². The van der Waals surface area contributed by atoms with Gasteiger partial charge in [-0.2, -0.15) is 9.98 Å². The lowest BCUT2D eigenvalue weighted by Gasteiger charge is -2.32. The molecule has 22 heavy (non-hydrogen) atoms. The summed E-state index contributed by atoms with van der Waals surface area (Å²) >= 11 is 0. The van der Waals surface area contributed by atoms with Crippen molar-refractivity contribution in [2.24, 2.45) is 15.9 Å². The van der Waals surface area contributed by atoms with Gasteiger partial charge in [0.15, 0.2) is 0 Å². The molecule has 0 fully saturated rings. The SMILES string of the molecule is CC(C)c1cccc(C(N=C=O)(N=C=O)C(C)C)c1C(C)C. The van der Waals surface area contributed by atoms with Crippen molar-refractivity contribution in [2.75, 3.05) is 0 Å². The van der Waals surface area contributed by atoms with Crippen molar-refractivity contribution in [3.05, 3.63) is 34.9 Å². The number of carbonyl (C=O) groups excluding carboxylic acids is 2. The first-order chi connectivity index (χ1) is 10.3. The van der Waals surface area contributed by atoms with Crippen LogP contribution in [0.3, 0.4) is 0 Å². The van der Waals surface area contributed by atoms with E-state index in [-0.39, 0.29) is 11.8 Å². The number of rotatable bonds is 6. The van der Waals surface area contributed by atoms with Crippen LogP contribution in [0, 0.1) is 5.92 Å². The van der Waals surface area contributed by atoms with Gasteiger partial charge >= 0.3 is 0 Å². The first-order valence-electron chi connectivity index (χ1n) is 7.63. The van der Waals surface area contributed by atoms with Gasteiger partial charge in [-0.15, -0.1) is 0 Å². The van der Waals surface area contributed by atoms with Crippen molar-refractivity contribution in [2.45, 2.75) is 59.0 Å². The lowest BCUT2D eigenvalue weighted by molar-refractivity contribution is 0.328.